The van der Waals surface area contributed by atoms with Gasteiger partial charge in [0.1, 0.15) is 10.7 Å². The Hall–Kier alpha value is -2.74. The van der Waals surface area contributed by atoms with Crippen LogP contribution < -0.4 is 5.32 Å². The molecule has 0 unspecified atom stereocenters. The molecule has 4 rings (SSSR count). The Morgan fingerprint density at radius 1 is 1.16 bits per heavy atom. The third kappa shape index (κ3) is 4.41. The van der Waals surface area contributed by atoms with Crippen molar-refractivity contribution in [2.45, 2.75) is 16.9 Å². The third-order valence-corrected chi connectivity index (χ3v) is 8.18. The Kier molecular flexibility index (Phi) is 6.07. The number of nitrogens with one attached hydrogen (secondary N) is 1. The van der Waals surface area contributed by atoms with E-state index in [9.17, 15) is 21.6 Å². The first kappa shape index (κ1) is 22.5. The number of benzene rings is 1. The van der Waals surface area contributed by atoms with Crippen LogP contribution in [-0.2, 0) is 24.8 Å². The van der Waals surface area contributed by atoms with Crippen molar-refractivity contribution in [2.75, 3.05) is 44.6 Å². The van der Waals surface area contributed by atoms with E-state index >= 15 is 0 Å². The molecule has 32 heavy (non-hydrogen) atoms. The van der Waals surface area contributed by atoms with Crippen LogP contribution in [0.5, 0.6) is 0 Å². The summed E-state index contributed by atoms with van der Waals surface area (Å²) < 4.78 is 65.6. The van der Waals surface area contributed by atoms with Gasteiger partial charge in [-0.1, -0.05) is 12.1 Å². The Morgan fingerprint density at radius 2 is 1.88 bits per heavy atom. The fraction of sp³-hybridized carbons (Fsp3) is 0.368. The maximum atomic E-state index is 12.8. The van der Waals surface area contributed by atoms with Crippen molar-refractivity contribution < 1.29 is 30.8 Å². The highest BCUT2D eigenvalue weighted by Gasteiger charge is 2.33. The maximum absolute atomic E-state index is 12.8. The molecule has 2 aliphatic rings. The first-order valence-corrected chi connectivity index (χ1v) is 12.8. The van der Waals surface area contributed by atoms with Crippen molar-refractivity contribution in [3.63, 3.8) is 0 Å². The van der Waals surface area contributed by atoms with Gasteiger partial charge >= 0.3 is 5.97 Å². The zero-order valence-electron chi connectivity index (χ0n) is 17.2. The van der Waals surface area contributed by atoms with E-state index in [1.54, 1.807) is 25.1 Å². The number of hydrogen-bond donors (Lipinski definition) is 1. The van der Waals surface area contributed by atoms with Gasteiger partial charge in [0.25, 0.3) is 20.0 Å². The Labute approximate surface area is 185 Å². The van der Waals surface area contributed by atoms with Crippen LogP contribution in [0.2, 0.25) is 0 Å². The van der Waals surface area contributed by atoms with Gasteiger partial charge in [-0.15, -0.1) is 4.40 Å². The van der Waals surface area contributed by atoms with Crippen LogP contribution in [0.4, 0.5) is 5.69 Å². The number of rotatable bonds is 6. The molecule has 3 heterocycles. The predicted octanol–water partition coefficient (Wildman–Crippen LogP) is 0.975. The molecule has 0 aliphatic carbocycles. The van der Waals surface area contributed by atoms with Crippen molar-refractivity contribution in [1.29, 1.82) is 0 Å². The summed E-state index contributed by atoms with van der Waals surface area (Å²) in [5.74, 6) is -0.617. The lowest BCUT2D eigenvalue weighted by Gasteiger charge is -2.34. The number of esters is 1. The van der Waals surface area contributed by atoms with Gasteiger partial charge in [0.05, 0.1) is 18.8 Å². The number of carbonyl (C=O) groups excluding carboxylic acids is 1. The summed E-state index contributed by atoms with van der Waals surface area (Å²) >= 11 is 0. The number of fused-ring (bicyclic) bond motifs is 1. The monoisotopic (exact) mass is 482 g/mol. The highest BCUT2D eigenvalue weighted by molar-refractivity contribution is 7.90. The maximum Gasteiger partial charge on any atom is 0.374 e. The van der Waals surface area contributed by atoms with Gasteiger partial charge in [0, 0.05) is 26.2 Å². The molecule has 0 spiro atoms. The molecule has 0 radical (unpaired) electrons. The Bertz CT molecular complexity index is 1260. The molecular formula is C19H22N4O7S2. The molecular weight excluding hydrogens is 460 g/mol. The largest absolute Gasteiger partial charge is 0.460 e. The average Bonchev–Trinajstić information content (AvgIpc) is 3.25. The highest BCUT2D eigenvalue weighted by atomic mass is 32.2. The van der Waals surface area contributed by atoms with E-state index in [2.05, 4.69) is 9.71 Å². The number of sulfonamides is 2. The van der Waals surface area contributed by atoms with Crippen LogP contribution in [-0.4, -0.2) is 77.2 Å². The van der Waals surface area contributed by atoms with Crippen LogP contribution in [0.3, 0.4) is 0 Å². The average molecular weight is 483 g/mol. The number of anilines is 1. The lowest BCUT2D eigenvalue weighted by Crippen LogP contribution is -2.50. The smallest absolute Gasteiger partial charge is 0.374 e. The van der Waals surface area contributed by atoms with Gasteiger partial charge in [-0.2, -0.15) is 12.7 Å². The second-order valence-corrected chi connectivity index (χ2v) is 10.6. The molecule has 1 N–H and O–H groups in total. The summed E-state index contributed by atoms with van der Waals surface area (Å²) in [6.07, 6.45) is 0. The van der Waals surface area contributed by atoms with E-state index in [4.69, 9.17) is 9.15 Å². The van der Waals surface area contributed by atoms with Gasteiger partial charge in [-0.25, -0.2) is 13.2 Å². The SMILES string of the molecule is CCOC(=O)c1ccc(S(=O)(=O)N2CCN(CC3=NS(=O)(=O)c4ccccc4N3)CC2)o1. The van der Waals surface area contributed by atoms with E-state index in [-0.39, 0.29) is 47.8 Å². The molecule has 0 saturated carbocycles. The summed E-state index contributed by atoms with van der Waals surface area (Å²) in [5, 5.41) is 2.71. The van der Waals surface area contributed by atoms with E-state index in [0.717, 1.165) is 0 Å². The van der Waals surface area contributed by atoms with Gasteiger partial charge in [0.2, 0.25) is 10.9 Å². The third-order valence-electron chi connectivity index (χ3n) is 5.03. The quantitative estimate of drug-likeness (QED) is 0.597. The number of nitrogens with zero attached hydrogens (tertiary/aromatic N) is 3. The summed E-state index contributed by atoms with van der Waals surface area (Å²) in [6.45, 7) is 3.11. The normalized spacial score (nSPS) is 19.0. The van der Waals surface area contributed by atoms with E-state index < -0.39 is 26.0 Å². The number of furan rings is 1. The lowest BCUT2D eigenvalue weighted by atomic mass is 10.3. The van der Waals surface area contributed by atoms with Crippen LogP contribution in [0.1, 0.15) is 17.5 Å². The van der Waals surface area contributed by atoms with Crippen LogP contribution in [0.15, 0.2) is 55.2 Å². The molecule has 11 nitrogen and oxygen atoms in total. The molecule has 1 saturated heterocycles. The Morgan fingerprint density at radius 3 is 2.59 bits per heavy atom. The first-order chi connectivity index (χ1) is 15.2. The summed E-state index contributed by atoms with van der Waals surface area (Å²) in [4.78, 5) is 13.8. The standard InChI is InChI=1S/C19H22N4O7S2/c1-2-29-19(24)15-7-8-18(30-15)32(27,28)23-11-9-22(10-12-23)13-17-20-14-5-3-4-6-16(14)31(25,26)21-17/h3-8H,2,9-13H2,1H3,(H,20,21). The summed E-state index contributed by atoms with van der Waals surface area (Å²) in [6, 6.07) is 9.02. The van der Waals surface area contributed by atoms with Gasteiger partial charge in [0.15, 0.2) is 0 Å². The lowest BCUT2D eigenvalue weighted by molar-refractivity contribution is 0.0483. The zero-order chi connectivity index (χ0) is 22.9. The van der Waals surface area contributed by atoms with Crippen molar-refractivity contribution in [1.82, 2.24) is 9.21 Å². The molecule has 1 aromatic carbocycles. The topological polar surface area (TPSA) is 139 Å². The first-order valence-electron chi connectivity index (χ1n) is 9.90. The minimum atomic E-state index is -3.91. The van der Waals surface area contributed by atoms with Crippen LogP contribution in [0.25, 0.3) is 0 Å². The van der Waals surface area contributed by atoms with Crippen LogP contribution >= 0.6 is 0 Å². The predicted molar refractivity (Wildman–Crippen MR) is 115 cm³/mol. The van der Waals surface area contributed by atoms with E-state index in [1.807, 2.05) is 4.90 Å². The van der Waals surface area contributed by atoms with E-state index in [0.29, 0.717) is 18.8 Å². The minimum absolute atomic E-state index is 0.125. The zero-order valence-corrected chi connectivity index (χ0v) is 18.9. The highest BCUT2D eigenvalue weighted by Crippen LogP contribution is 2.27. The minimum Gasteiger partial charge on any atom is -0.460 e. The van der Waals surface area contributed by atoms with Gasteiger partial charge in [-0.05, 0) is 31.2 Å². The van der Waals surface area contributed by atoms with Crippen molar-refractivity contribution in [3.8, 4) is 0 Å². The van der Waals surface area contributed by atoms with E-state index in [1.165, 1.54) is 22.5 Å². The molecule has 1 aromatic heterocycles. The molecule has 2 aliphatic heterocycles. The van der Waals surface area contributed by atoms with Crippen molar-refractivity contribution in [2.24, 2.45) is 4.40 Å². The number of ether oxygens (including phenoxy) is 1. The van der Waals surface area contributed by atoms with Gasteiger partial charge < -0.3 is 14.5 Å². The molecule has 13 heteroatoms. The molecule has 2 aromatic rings. The van der Waals surface area contributed by atoms with Crippen molar-refractivity contribution >= 4 is 37.5 Å². The van der Waals surface area contributed by atoms with Crippen LogP contribution in [0, 0.1) is 0 Å². The van der Waals surface area contributed by atoms with Gasteiger partial charge in [-0.3, -0.25) is 4.90 Å². The second kappa shape index (κ2) is 8.65. The number of para-hydroxylation sites is 1. The number of hydrogen-bond acceptors (Lipinski definition) is 9. The molecule has 1 fully saturated rings. The number of piperazine rings is 1. The Balaban J connectivity index is 1.39. The summed E-state index contributed by atoms with van der Waals surface area (Å²) in [7, 11) is -7.69. The molecule has 0 atom stereocenters. The molecule has 0 amide bonds. The molecule has 0 bridgehead atoms. The number of carbonyl (C=O) groups is 1. The fourth-order valence-electron chi connectivity index (χ4n) is 3.47. The fourth-order valence-corrected chi connectivity index (χ4v) is 5.95. The molecule has 172 valence electrons. The summed E-state index contributed by atoms with van der Waals surface area (Å²) in [5.41, 5.74) is 0.467. The van der Waals surface area contributed by atoms with Crippen molar-refractivity contribution in [3.05, 3.63) is 42.2 Å². The number of amidine groups is 1. The second-order valence-electron chi connectivity index (χ2n) is 7.15.